The third-order valence-corrected chi connectivity index (χ3v) is 5.27. The molecule has 144 valence electrons. The molecule has 1 aromatic carbocycles. The Bertz CT molecular complexity index is 1150. The molecule has 1 N–H and O–H groups in total. The van der Waals surface area contributed by atoms with Crippen molar-refractivity contribution in [3.8, 4) is 11.3 Å². The minimum Gasteiger partial charge on any atom is -0.363 e. The van der Waals surface area contributed by atoms with E-state index in [1.807, 2.05) is 55.0 Å². The van der Waals surface area contributed by atoms with E-state index in [9.17, 15) is 0 Å². The molecule has 4 aromatic rings. The van der Waals surface area contributed by atoms with Gasteiger partial charge in [-0.3, -0.25) is 9.38 Å². The number of nitrogens with one attached hydrogen (secondary N) is 1. The number of pyridine rings is 1. The van der Waals surface area contributed by atoms with E-state index in [4.69, 9.17) is 4.98 Å². The van der Waals surface area contributed by atoms with Crippen molar-refractivity contribution in [2.45, 2.75) is 6.54 Å². The average molecular weight is 400 g/mol. The Morgan fingerprint density at radius 1 is 1.17 bits per heavy atom. The zero-order valence-electron chi connectivity index (χ0n) is 16.1. The van der Waals surface area contributed by atoms with Gasteiger partial charge in [0.1, 0.15) is 0 Å². The molecule has 0 fully saturated rings. The van der Waals surface area contributed by atoms with Gasteiger partial charge in [0.25, 0.3) is 0 Å². The van der Waals surface area contributed by atoms with Gasteiger partial charge < -0.3 is 5.32 Å². The van der Waals surface area contributed by atoms with Crippen molar-refractivity contribution in [1.82, 2.24) is 19.4 Å². The van der Waals surface area contributed by atoms with Gasteiger partial charge in [-0.05, 0) is 24.0 Å². The number of hydrogen-bond acceptors (Lipinski definition) is 5. The molecule has 0 aliphatic rings. The first-order valence-corrected chi connectivity index (χ1v) is 10.5. The van der Waals surface area contributed by atoms with Crippen molar-refractivity contribution in [1.29, 1.82) is 0 Å². The summed E-state index contributed by atoms with van der Waals surface area (Å²) in [6.07, 6.45) is 13.4. The second-order valence-electron chi connectivity index (χ2n) is 6.36. The summed E-state index contributed by atoms with van der Waals surface area (Å²) >= 11 is 1.66. The quantitative estimate of drug-likeness (QED) is 0.428. The van der Waals surface area contributed by atoms with E-state index in [0.717, 1.165) is 38.9 Å². The highest BCUT2D eigenvalue weighted by Gasteiger charge is 2.14. The standard InChI is InChI=1S/C23H21N5S/c1-3-8-21(29-2)20-15-26-23-22(25-14-17-9-7-12-24-13-17)27-19(16-28(20)23)18-10-5-4-6-11-18/h3-13,15-16H,1,14H2,2H3,(H,25,27)/b21-8-. The molecule has 5 nitrogen and oxygen atoms in total. The van der Waals surface area contributed by atoms with Gasteiger partial charge in [-0.15, -0.1) is 11.8 Å². The fourth-order valence-electron chi connectivity index (χ4n) is 3.09. The number of anilines is 1. The predicted molar refractivity (Wildman–Crippen MR) is 122 cm³/mol. The number of thioether (sulfide) groups is 1. The molecule has 0 aliphatic carbocycles. The molecule has 0 atom stereocenters. The number of fused-ring (bicyclic) bond motifs is 1. The number of benzene rings is 1. The average Bonchev–Trinajstić information content (AvgIpc) is 3.21. The van der Waals surface area contributed by atoms with E-state index in [1.54, 1.807) is 24.0 Å². The van der Waals surface area contributed by atoms with Crippen LogP contribution in [0, 0.1) is 0 Å². The second-order valence-corrected chi connectivity index (χ2v) is 7.21. The van der Waals surface area contributed by atoms with Crippen LogP contribution in [-0.2, 0) is 6.54 Å². The maximum atomic E-state index is 4.87. The molecule has 0 unspecified atom stereocenters. The molecule has 3 heterocycles. The maximum Gasteiger partial charge on any atom is 0.180 e. The number of rotatable bonds is 7. The molecule has 0 aliphatic heterocycles. The van der Waals surface area contributed by atoms with Crippen molar-refractivity contribution < 1.29 is 0 Å². The SMILES string of the molecule is C=C/C=C(\SC)c1cnc2c(NCc3cccnc3)nc(-c3ccccc3)cn12. The van der Waals surface area contributed by atoms with Crippen LogP contribution in [0.5, 0.6) is 0 Å². The van der Waals surface area contributed by atoms with Crippen molar-refractivity contribution in [3.63, 3.8) is 0 Å². The fourth-order valence-corrected chi connectivity index (χ4v) is 3.68. The normalized spacial score (nSPS) is 11.6. The third kappa shape index (κ3) is 4.07. The van der Waals surface area contributed by atoms with Crippen LogP contribution in [0.25, 0.3) is 21.8 Å². The van der Waals surface area contributed by atoms with Gasteiger partial charge in [-0.1, -0.05) is 49.1 Å². The van der Waals surface area contributed by atoms with Gasteiger partial charge in [0, 0.05) is 35.6 Å². The van der Waals surface area contributed by atoms with Crippen molar-refractivity contribution in [2.75, 3.05) is 11.6 Å². The molecular weight excluding hydrogens is 378 g/mol. The molecule has 0 radical (unpaired) electrons. The Labute approximate surface area is 174 Å². The maximum absolute atomic E-state index is 4.87. The lowest BCUT2D eigenvalue weighted by molar-refractivity contribution is 1.06. The van der Waals surface area contributed by atoms with Crippen LogP contribution in [0.4, 0.5) is 5.82 Å². The van der Waals surface area contributed by atoms with E-state index in [-0.39, 0.29) is 0 Å². The third-order valence-electron chi connectivity index (χ3n) is 4.49. The zero-order chi connectivity index (χ0) is 20.1. The largest absolute Gasteiger partial charge is 0.363 e. The highest BCUT2D eigenvalue weighted by molar-refractivity contribution is 8.07. The van der Waals surface area contributed by atoms with Gasteiger partial charge in [-0.25, -0.2) is 9.97 Å². The van der Waals surface area contributed by atoms with E-state index in [0.29, 0.717) is 6.54 Å². The molecule has 0 saturated heterocycles. The van der Waals surface area contributed by atoms with E-state index >= 15 is 0 Å². The summed E-state index contributed by atoms with van der Waals surface area (Å²) in [5, 5.41) is 3.44. The van der Waals surface area contributed by atoms with Crippen LogP contribution in [0.15, 0.2) is 86.0 Å². The zero-order valence-corrected chi connectivity index (χ0v) is 16.9. The van der Waals surface area contributed by atoms with Crippen molar-refractivity contribution in [3.05, 3.63) is 97.2 Å². The fraction of sp³-hybridized carbons (Fsp3) is 0.0870. The molecule has 3 aromatic heterocycles. The molecule has 0 saturated carbocycles. The Morgan fingerprint density at radius 2 is 2.03 bits per heavy atom. The summed E-state index contributed by atoms with van der Waals surface area (Å²) < 4.78 is 2.09. The first-order valence-electron chi connectivity index (χ1n) is 9.23. The van der Waals surface area contributed by atoms with E-state index in [1.165, 1.54) is 0 Å². The lowest BCUT2D eigenvalue weighted by atomic mass is 10.1. The van der Waals surface area contributed by atoms with Crippen molar-refractivity contribution >= 4 is 28.1 Å². The number of nitrogens with zero attached hydrogens (tertiary/aromatic N) is 4. The Morgan fingerprint density at radius 3 is 2.76 bits per heavy atom. The molecule has 4 rings (SSSR count). The number of hydrogen-bond donors (Lipinski definition) is 1. The predicted octanol–water partition coefficient (Wildman–Crippen LogP) is 5.29. The smallest absolute Gasteiger partial charge is 0.180 e. The first-order chi connectivity index (χ1) is 14.3. The molecule has 29 heavy (non-hydrogen) atoms. The van der Waals surface area contributed by atoms with E-state index in [2.05, 4.69) is 44.7 Å². The Kier molecular flexibility index (Phi) is 5.72. The first kappa shape index (κ1) is 19.0. The van der Waals surface area contributed by atoms with Gasteiger partial charge in [-0.2, -0.15) is 0 Å². The topological polar surface area (TPSA) is 55.1 Å². The molecular formula is C23H21N5S. The van der Waals surface area contributed by atoms with Crippen LogP contribution >= 0.6 is 11.8 Å². The number of aromatic nitrogens is 4. The highest BCUT2D eigenvalue weighted by Crippen LogP contribution is 2.30. The van der Waals surface area contributed by atoms with Crippen LogP contribution in [0.1, 0.15) is 11.3 Å². The highest BCUT2D eigenvalue weighted by atomic mass is 32.2. The number of allylic oxidation sites excluding steroid dienone is 2. The molecule has 6 heteroatoms. The van der Waals surface area contributed by atoms with Crippen molar-refractivity contribution in [2.24, 2.45) is 0 Å². The molecule has 0 amide bonds. The van der Waals surface area contributed by atoms with Gasteiger partial charge in [0.2, 0.25) is 0 Å². The number of imidazole rings is 1. The Hall–Kier alpha value is -3.38. The minimum atomic E-state index is 0.620. The van der Waals surface area contributed by atoms with Crippen LogP contribution in [0.2, 0.25) is 0 Å². The van der Waals surface area contributed by atoms with E-state index < -0.39 is 0 Å². The molecule has 0 spiro atoms. The van der Waals surface area contributed by atoms with Crippen LogP contribution < -0.4 is 5.32 Å². The summed E-state index contributed by atoms with van der Waals surface area (Å²) in [6.45, 7) is 4.45. The Balaban J connectivity index is 1.83. The van der Waals surface area contributed by atoms with Gasteiger partial charge in [0.15, 0.2) is 11.5 Å². The lowest BCUT2D eigenvalue weighted by Crippen LogP contribution is -2.06. The van der Waals surface area contributed by atoms with Gasteiger partial charge >= 0.3 is 0 Å². The summed E-state index contributed by atoms with van der Waals surface area (Å²) in [6, 6.07) is 14.1. The monoisotopic (exact) mass is 399 g/mol. The molecule has 0 bridgehead atoms. The lowest BCUT2D eigenvalue weighted by Gasteiger charge is -2.12. The minimum absolute atomic E-state index is 0.620. The summed E-state index contributed by atoms with van der Waals surface area (Å²) in [4.78, 5) is 14.8. The van der Waals surface area contributed by atoms with Crippen LogP contribution in [0.3, 0.4) is 0 Å². The summed E-state index contributed by atoms with van der Waals surface area (Å²) in [7, 11) is 0. The summed E-state index contributed by atoms with van der Waals surface area (Å²) in [5.74, 6) is 0.737. The second kappa shape index (κ2) is 8.75. The van der Waals surface area contributed by atoms with Gasteiger partial charge in [0.05, 0.1) is 17.6 Å². The van der Waals surface area contributed by atoms with Crippen LogP contribution in [-0.4, -0.2) is 25.6 Å². The summed E-state index contributed by atoms with van der Waals surface area (Å²) in [5.41, 5.74) is 4.81.